The van der Waals surface area contributed by atoms with Gasteiger partial charge in [0.25, 0.3) is 0 Å². The Kier molecular flexibility index (Phi) is 6.98. The zero-order valence-corrected chi connectivity index (χ0v) is 20.5. The van der Waals surface area contributed by atoms with Gasteiger partial charge in [-0.25, -0.2) is 4.79 Å². The highest BCUT2D eigenvalue weighted by atomic mass is 32.1. The van der Waals surface area contributed by atoms with Gasteiger partial charge in [-0.2, -0.15) is 0 Å². The molecule has 1 amide bonds. The first-order valence-electron chi connectivity index (χ1n) is 11.3. The predicted molar refractivity (Wildman–Crippen MR) is 137 cm³/mol. The summed E-state index contributed by atoms with van der Waals surface area (Å²) in [4.78, 5) is 24.7. The molecule has 0 aromatic heterocycles. The number of ether oxygens (including phenoxy) is 2. The normalized spacial score (nSPS) is 13.5. The lowest BCUT2D eigenvalue weighted by Gasteiger charge is -2.21. The Morgan fingerprint density at radius 3 is 2.00 bits per heavy atom. The van der Waals surface area contributed by atoms with E-state index in [9.17, 15) is 9.59 Å². The van der Waals surface area contributed by atoms with Crippen LogP contribution in [0, 0.1) is 0 Å². The molecule has 0 saturated heterocycles. The van der Waals surface area contributed by atoms with Crippen LogP contribution in [0.2, 0.25) is 0 Å². The van der Waals surface area contributed by atoms with Gasteiger partial charge in [-0.05, 0) is 60.7 Å². The maximum absolute atomic E-state index is 12.6. The molecule has 1 N–H and O–H groups in total. The monoisotopic (exact) mass is 475 g/mol. The van der Waals surface area contributed by atoms with Crippen molar-refractivity contribution in [2.45, 2.75) is 44.8 Å². The van der Waals surface area contributed by atoms with Crippen molar-refractivity contribution in [3.8, 4) is 16.9 Å². The molecule has 0 spiro atoms. The summed E-state index contributed by atoms with van der Waals surface area (Å²) in [7, 11) is 0. The minimum atomic E-state index is -0.798. The predicted octanol–water partition coefficient (Wildman–Crippen LogP) is 5.77. The number of benzene rings is 3. The van der Waals surface area contributed by atoms with Crippen molar-refractivity contribution in [1.29, 1.82) is 0 Å². The summed E-state index contributed by atoms with van der Waals surface area (Å²) >= 11 is 3.97. The Hall–Kier alpha value is -3.25. The fraction of sp³-hybridized carbons (Fsp3) is 0.286. The molecule has 0 unspecified atom stereocenters. The molecule has 4 rings (SSSR count). The molecule has 0 bridgehead atoms. The van der Waals surface area contributed by atoms with Gasteiger partial charge in [0.15, 0.2) is 0 Å². The fourth-order valence-electron chi connectivity index (χ4n) is 4.27. The van der Waals surface area contributed by atoms with Gasteiger partial charge in [-0.3, -0.25) is 4.79 Å². The van der Waals surface area contributed by atoms with Gasteiger partial charge in [-0.1, -0.05) is 60.7 Å². The number of rotatable bonds is 7. The lowest BCUT2D eigenvalue weighted by Crippen LogP contribution is -2.41. The molecule has 6 heteroatoms. The molecule has 1 aliphatic rings. The van der Waals surface area contributed by atoms with Gasteiger partial charge < -0.3 is 14.8 Å². The first-order chi connectivity index (χ1) is 16.2. The van der Waals surface area contributed by atoms with Crippen LogP contribution in [0.3, 0.4) is 0 Å². The van der Waals surface area contributed by atoms with Crippen LogP contribution in [0.4, 0.5) is 4.79 Å². The molecule has 1 atom stereocenters. The number of thiol groups is 1. The van der Waals surface area contributed by atoms with E-state index in [0.29, 0.717) is 6.42 Å². The molecule has 0 radical (unpaired) electrons. The maximum atomic E-state index is 12.6. The number of fused-ring (bicyclic) bond motifs is 3. The molecular formula is C28H29NO4S. The van der Waals surface area contributed by atoms with E-state index in [1.165, 1.54) is 0 Å². The van der Waals surface area contributed by atoms with Gasteiger partial charge in [0, 0.05) is 12.3 Å². The average molecular weight is 476 g/mol. The number of carbonyl (C=O) groups excluding carboxylic acids is 2. The topological polar surface area (TPSA) is 64.6 Å². The summed E-state index contributed by atoms with van der Waals surface area (Å²) in [6.07, 6.45) is -0.329. The Morgan fingerprint density at radius 2 is 1.47 bits per heavy atom. The van der Waals surface area contributed by atoms with E-state index in [1.807, 2.05) is 69.3 Å². The lowest BCUT2D eigenvalue weighted by molar-refractivity contribution is -0.112. The number of carbonyl (C=O) groups is 2. The minimum Gasteiger partial charge on any atom is -0.488 e. The standard InChI is InChI=1S/C28H29NO4S/c1-28(2,3)33-19-14-12-18(13-15-19)16-25(26(30)34)29-27(31)32-17-24-22-10-6-4-8-20(22)21-9-5-7-11-23(21)24/h4-15,24-25H,16-17H2,1-3H3,(H,29,31)(H,30,34)/t25-/m0/s1. The van der Waals surface area contributed by atoms with E-state index < -0.39 is 17.3 Å². The molecule has 0 saturated carbocycles. The number of hydrogen-bond donors (Lipinski definition) is 2. The highest BCUT2D eigenvalue weighted by Crippen LogP contribution is 2.44. The molecule has 176 valence electrons. The van der Waals surface area contributed by atoms with Crippen molar-refractivity contribution < 1.29 is 19.1 Å². The highest BCUT2D eigenvalue weighted by Gasteiger charge is 2.29. The molecule has 0 heterocycles. The highest BCUT2D eigenvalue weighted by molar-refractivity contribution is 7.96. The zero-order valence-electron chi connectivity index (χ0n) is 19.6. The van der Waals surface area contributed by atoms with Crippen molar-refractivity contribution in [2.75, 3.05) is 6.61 Å². The summed E-state index contributed by atoms with van der Waals surface area (Å²) in [5.74, 6) is 0.702. The van der Waals surface area contributed by atoms with Crippen LogP contribution in [-0.4, -0.2) is 29.5 Å². The summed E-state index contributed by atoms with van der Waals surface area (Å²) in [5.41, 5.74) is 5.18. The molecule has 0 fully saturated rings. The van der Waals surface area contributed by atoms with Gasteiger partial charge in [0.05, 0.1) is 0 Å². The van der Waals surface area contributed by atoms with Gasteiger partial charge in [0.1, 0.15) is 24.0 Å². The van der Waals surface area contributed by atoms with Gasteiger partial charge >= 0.3 is 6.09 Å². The molecule has 34 heavy (non-hydrogen) atoms. The van der Waals surface area contributed by atoms with E-state index in [0.717, 1.165) is 33.6 Å². The minimum absolute atomic E-state index is 0.0429. The van der Waals surface area contributed by atoms with Gasteiger partial charge in [-0.15, -0.1) is 12.6 Å². The van der Waals surface area contributed by atoms with Crippen molar-refractivity contribution in [3.63, 3.8) is 0 Å². The molecule has 1 aliphatic carbocycles. The second kappa shape index (κ2) is 9.94. The number of alkyl carbamates (subject to hydrolysis) is 1. The van der Waals surface area contributed by atoms with Crippen molar-refractivity contribution in [2.24, 2.45) is 0 Å². The summed E-state index contributed by atoms with van der Waals surface area (Å²) < 4.78 is 11.4. The van der Waals surface area contributed by atoms with Crippen molar-refractivity contribution in [3.05, 3.63) is 89.5 Å². The van der Waals surface area contributed by atoms with E-state index in [-0.39, 0.29) is 18.1 Å². The van der Waals surface area contributed by atoms with E-state index in [1.54, 1.807) is 0 Å². The summed E-state index contributed by atoms with van der Waals surface area (Å²) in [6.45, 7) is 6.13. The fourth-order valence-corrected chi connectivity index (χ4v) is 4.42. The Morgan fingerprint density at radius 1 is 0.912 bits per heavy atom. The van der Waals surface area contributed by atoms with Crippen LogP contribution in [0.1, 0.15) is 43.4 Å². The van der Waals surface area contributed by atoms with Crippen LogP contribution >= 0.6 is 12.6 Å². The SMILES string of the molecule is CC(C)(C)Oc1ccc(C[C@H](NC(=O)OCC2c3ccccc3-c3ccccc32)C(=O)S)cc1. The molecular weight excluding hydrogens is 446 g/mol. The van der Waals surface area contributed by atoms with Gasteiger partial charge in [0.2, 0.25) is 5.12 Å². The van der Waals surface area contributed by atoms with Crippen LogP contribution in [0.5, 0.6) is 5.75 Å². The smallest absolute Gasteiger partial charge is 0.407 e. The van der Waals surface area contributed by atoms with Crippen LogP contribution in [0.25, 0.3) is 11.1 Å². The van der Waals surface area contributed by atoms with Crippen molar-refractivity contribution in [1.82, 2.24) is 5.32 Å². The third-order valence-electron chi connectivity index (χ3n) is 5.72. The van der Waals surface area contributed by atoms with E-state index >= 15 is 0 Å². The third kappa shape index (κ3) is 5.62. The maximum Gasteiger partial charge on any atom is 0.407 e. The van der Waals surface area contributed by atoms with Crippen molar-refractivity contribution >= 4 is 23.8 Å². The molecule has 5 nitrogen and oxygen atoms in total. The third-order valence-corrected chi connectivity index (χ3v) is 6.03. The first-order valence-corrected chi connectivity index (χ1v) is 11.8. The summed E-state index contributed by atoms with van der Waals surface area (Å²) in [6, 6.07) is 23.0. The zero-order chi connectivity index (χ0) is 24.3. The molecule has 3 aromatic rings. The Balaban J connectivity index is 1.38. The second-order valence-corrected chi connectivity index (χ2v) is 9.86. The Labute approximate surface area is 205 Å². The largest absolute Gasteiger partial charge is 0.488 e. The summed E-state index contributed by atoms with van der Waals surface area (Å²) in [5, 5.41) is 2.24. The second-order valence-electron chi connectivity index (χ2n) is 9.42. The van der Waals surface area contributed by atoms with Crippen LogP contribution in [0.15, 0.2) is 72.8 Å². The number of nitrogens with one attached hydrogen (secondary N) is 1. The van der Waals surface area contributed by atoms with Crippen LogP contribution < -0.4 is 10.1 Å². The Bertz CT molecular complexity index is 1140. The van der Waals surface area contributed by atoms with Crippen LogP contribution in [-0.2, 0) is 16.0 Å². The molecule has 0 aliphatic heterocycles. The number of hydrogen-bond acceptors (Lipinski definition) is 4. The van der Waals surface area contributed by atoms with E-state index in [2.05, 4.69) is 42.2 Å². The average Bonchev–Trinajstić information content (AvgIpc) is 3.11. The number of amides is 1. The molecule has 3 aromatic carbocycles. The first kappa shape index (κ1) is 23.9. The van der Waals surface area contributed by atoms with E-state index in [4.69, 9.17) is 9.47 Å². The lowest BCUT2D eigenvalue weighted by atomic mass is 9.98. The quantitative estimate of drug-likeness (QED) is 0.426.